The minimum absolute atomic E-state index is 0.206. The van der Waals surface area contributed by atoms with Gasteiger partial charge in [0.05, 0.1) is 7.11 Å². The molecule has 0 unspecified atom stereocenters. The predicted octanol–water partition coefficient (Wildman–Crippen LogP) is 3.98. The third kappa shape index (κ3) is 3.38. The molecule has 0 spiro atoms. The Labute approximate surface area is 132 Å². The van der Waals surface area contributed by atoms with E-state index in [4.69, 9.17) is 25.6 Å². The Morgan fingerprint density at radius 2 is 1.91 bits per heavy atom. The van der Waals surface area contributed by atoms with Crippen molar-refractivity contribution in [1.29, 1.82) is 0 Å². The van der Waals surface area contributed by atoms with E-state index in [1.165, 1.54) is 0 Å². The molecule has 3 rings (SSSR count). The van der Waals surface area contributed by atoms with E-state index in [1.807, 2.05) is 30.3 Å². The normalized spacial score (nSPS) is 10.5. The van der Waals surface area contributed by atoms with Crippen LogP contribution in [0.3, 0.4) is 0 Å². The van der Waals surface area contributed by atoms with Crippen molar-refractivity contribution < 1.29 is 14.0 Å². The SMILES string of the molecule is COc1cccc(OCc2noc(-c3cccc(Cl)c3)n2)c1. The van der Waals surface area contributed by atoms with Gasteiger partial charge in [0, 0.05) is 16.7 Å². The number of methoxy groups -OCH3 is 1. The van der Waals surface area contributed by atoms with Crippen LogP contribution >= 0.6 is 11.6 Å². The summed E-state index contributed by atoms with van der Waals surface area (Å²) in [5, 5.41) is 4.51. The summed E-state index contributed by atoms with van der Waals surface area (Å²) in [5.41, 5.74) is 0.771. The second-order valence-corrected chi connectivity index (χ2v) is 4.93. The Bertz CT molecular complexity index is 773. The number of hydrogen-bond acceptors (Lipinski definition) is 5. The number of benzene rings is 2. The summed E-state index contributed by atoms with van der Waals surface area (Å²) >= 11 is 5.94. The first kappa shape index (κ1) is 14.4. The summed E-state index contributed by atoms with van der Waals surface area (Å²) in [5.74, 6) is 2.27. The van der Waals surface area contributed by atoms with Crippen molar-refractivity contribution in [2.75, 3.05) is 7.11 Å². The summed E-state index contributed by atoms with van der Waals surface area (Å²) in [6.45, 7) is 0.206. The van der Waals surface area contributed by atoms with Crippen LogP contribution in [0.25, 0.3) is 11.5 Å². The monoisotopic (exact) mass is 316 g/mol. The van der Waals surface area contributed by atoms with Crippen molar-refractivity contribution in [2.24, 2.45) is 0 Å². The lowest BCUT2D eigenvalue weighted by molar-refractivity contribution is 0.285. The summed E-state index contributed by atoms with van der Waals surface area (Å²) in [6.07, 6.45) is 0. The number of aromatic nitrogens is 2. The van der Waals surface area contributed by atoms with Gasteiger partial charge in [0.15, 0.2) is 6.61 Å². The van der Waals surface area contributed by atoms with Crippen LogP contribution < -0.4 is 9.47 Å². The number of halogens is 1. The van der Waals surface area contributed by atoms with Crippen LogP contribution in [0.1, 0.15) is 5.82 Å². The molecule has 5 nitrogen and oxygen atoms in total. The lowest BCUT2D eigenvalue weighted by atomic mass is 10.2. The summed E-state index contributed by atoms with van der Waals surface area (Å²) in [6, 6.07) is 14.6. The zero-order valence-electron chi connectivity index (χ0n) is 11.8. The van der Waals surface area contributed by atoms with Gasteiger partial charge in [0.2, 0.25) is 5.82 Å². The molecular weight excluding hydrogens is 304 g/mol. The minimum Gasteiger partial charge on any atom is -0.497 e. The molecule has 0 fully saturated rings. The van der Waals surface area contributed by atoms with E-state index in [-0.39, 0.29) is 6.61 Å². The average molecular weight is 317 g/mol. The standard InChI is InChI=1S/C16H13ClN2O3/c1-20-13-6-3-7-14(9-13)21-10-15-18-16(22-19-15)11-4-2-5-12(17)8-11/h2-9H,10H2,1H3. The van der Waals surface area contributed by atoms with E-state index in [0.717, 1.165) is 11.3 Å². The highest BCUT2D eigenvalue weighted by molar-refractivity contribution is 6.30. The highest BCUT2D eigenvalue weighted by atomic mass is 35.5. The van der Waals surface area contributed by atoms with E-state index in [9.17, 15) is 0 Å². The van der Waals surface area contributed by atoms with Crippen LogP contribution in [-0.4, -0.2) is 17.3 Å². The van der Waals surface area contributed by atoms with E-state index >= 15 is 0 Å². The lowest BCUT2D eigenvalue weighted by Crippen LogP contribution is -1.97. The topological polar surface area (TPSA) is 57.4 Å². The Kier molecular flexibility index (Phi) is 4.25. The maximum absolute atomic E-state index is 5.94. The van der Waals surface area contributed by atoms with Gasteiger partial charge in [-0.1, -0.05) is 28.9 Å². The van der Waals surface area contributed by atoms with Crippen LogP contribution in [0.5, 0.6) is 11.5 Å². The van der Waals surface area contributed by atoms with Gasteiger partial charge in [0.1, 0.15) is 11.5 Å². The quantitative estimate of drug-likeness (QED) is 0.712. The first-order chi connectivity index (χ1) is 10.7. The molecule has 2 aromatic carbocycles. The van der Waals surface area contributed by atoms with Crippen molar-refractivity contribution in [3.63, 3.8) is 0 Å². The maximum Gasteiger partial charge on any atom is 0.258 e. The number of hydrogen-bond donors (Lipinski definition) is 0. The fourth-order valence-corrected chi connectivity index (χ4v) is 2.08. The van der Waals surface area contributed by atoms with Gasteiger partial charge in [-0.25, -0.2) is 0 Å². The maximum atomic E-state index is 5.94. The van der Waals surface area contributed by atoms with Crippen LogP contribution in [0.15, 0.2) is 53.1 Å². The van der Waals surface area contributed by atoms with E-state index in [2.05, 4.69) is 10.1 Å². The van der Waals surface area contributed by atoms with Gasteiger partial charge in [-0.2, -0.15) is 4.98 Å². The van der Waals surface area contributed by atoms with E-state index in [0.29, 0.717) is 22.5 Å². The Morgan fingerprint density at radius 3 is 2.73 bits per heavy atom. The van der Waals surface area contributed by atoms with Crippen LogP contribution in [-0.2, 0) is 6.61 Å². The molecule has 22 heavy (non-hydrogen) atoms. The Morgan fingerprint density at radius 1 is 1.09 bits per heavy atom. The molecular formula is C16H13ClN2O3. The summed E-state index contributed by atoms with van der Waals surface area (Å²) in [4.78, 5) is 4.29. The van der Waals surface area contributed by atoms with Gasteiger partial charge < -0.3 is 14.0 Å². The van der Waals surface area contributed by atoms with Gasteiger partial charge in [-0.3, -0.25) is 0 Å². The molecule has 1 heterocycles. The molecule has 1 aromatic heterocycles. The van der Waals surface area contributed by atoms with Gasteiger partial charge in [0.25, 0.3) is 5.89 Å². The molecule has 0 N–H and O–H groups in total. The van der Waals surface area contributed by atoms with Crippen molar-refractivity contribution in [3.8, 4) is 23.0 Å². The zero-order chi connectivity index (χ0) is 15.4. The van der Waals surface area contributed by atoms with Gasteiger partial charge in [-0.15, -0.1) is 0 Å². The predicted molar refractivity (Wildman–Crippen MR) is 82.1 cm³/mol. The Balaban J connectivity index is 1.69. The summed E-state index contributed by atoms with van der Waals surface area (Å²) in [7, 11) is 1.61. The molecule has 0 saturated carbocycles. The second kappa shape index (κ2) is 6.49. The lowest BCUT2D eigenvalue weighted by Gasteiger charge is -2.05. The molecule has 0 aliphatic carbocycles. The third-order valence-corrected chi connectivity index (χ3v) is 3.18. The first-order valence-corrected chi connectivity index (χ1v) is 6.98. The fourth-order valence-electron chi connectivity index (χ4n) is 1.89. The molecule has 0 atom stereocenters. The largest absolute Gasteiger partial charge is 0.497 e. The Hall–Kier alpha value is -2.53. The molecule has 0 amide bonds. The smallest absolute Gasteiger partial charge is 0.258 e. The molecule has 0 saturated heterocycles. The molecule has 0 bridgehead atoms. The van der Waals surface area contributed by atoms with Crippen molar-refractivity contribution in [2.45, 2.75) is 6.61 Å². The minimum atomic E-state index is 0.206. The van der Waals surface area contributed by atoms with Gasteiger partial charge in [-0.05, 0) is 30.3 Å². The molecule has 0 aliphatic rings. The van der Waals surface area contributed by atoms with E-state index < -0.39 is 0 Å². The van der Waals surface area contributed by atoms with Crippen LogP contribution in [0, 0.1) is 0 Å². The summed E-state index contributed by atoms with van der Waals surface area (Å²) < 4.78 is 16.0. The van der Waals surface area contributed by atoms with Crippen LogP contribution in [0.2, 0.25) is 5.02 Å². The average Bonchev–Trinajstić information content (AvgIpc) is 3.02. The van der Waals surface area contributed by atoms with Crippen molar-refractivity contribution >= 4 is 11.6 Å². The first-order valence-electron chi connectivity index (χ1n) is 6.60. The fraction of sp³-hybridized carbons (Fsp3) is 0.125. The van der Waals surface area contributed by atoms with E-state index in [1.54, 1.807) is 25.3 Å². The molecule has 112 valence electrons. The third-order valence-electron chi connectivity index (χ3n) is 2.95. The number of rotatable bonds is 5. The molecule has 0 aliphatic heterocycles. The van der Waals surface area contributed by atoms with Crippen molar-refractivity contribution in [3.05, 3.63) is 59.4 Å². The molecule has 0 radical (unpaired) electrons. The highest BCUT2D eigenvalue weighted by Gasteiger charge is 2.10. The zero-order valence-corrected chi connectivity index (χ0v) is 12.6. The highest BCUT2D eigenvalue weighted by Crippen LogP contribution is 2.22. The number of nitrogens with zero attached hydrogens (tertiary/aromatic N) is 2. The van der Waals surface area contributed by atoms with Crippen LogP contribution in [0.4, 0.5) is 0 Å². The van der Waals surface area contributed by atoms with Gasteiger partial charge >= 0.3 is 0 Å². The number of ether oxygens (including phenoxy) is 2. The van der Waals surface area contributed by atoms with Crippen molar-refractivity contribution in [1.82, 2.24) is 10.1 Å². The molecule has 6 heteroatoms. The second-order valence-electron chi connectivity index (χ2n) is 4.49. The molecule has 3 aromatic rings.